The number of hydrogen-bond donors (Lipinski definition) is 1. The van der Waals surface area contributed by atoms with Crippen molar-refractivity contribution in [1.82, 2.24) is 0 Å². The standard InChI is InChI=1S/C12H22O3/c1-4-6-7-10(11(13)5-2)8-9-12(14)15-3/h8-11,13H,4-7H2,1-3H3/b9-8+/t10-,11+/m0/s1. The lowest BCUT2D eigenvalue weighted by Gasteiger charge is -2.17. The Morgan fingerprint density at radius 2 is 2.13 bits per heavy atom. The number of carbonyl (C=O) groups excluding carboxylic acids is 1. The van der Waals surface area contributed by atoms with Gasteiger partial charge in [-0.2, -0.15) is 0 Å². The number of hydrogen-bond acceptors (Lipinski definition) is 3. The van der Waals surface area contributed by atoms with Crippen LogP contribution in [0, 0.1) is 5.92 Å². The maximum atomic E-state index is 10.9. The number of esters is 1. The molecule has 0 saturated heterocycles. The van der Waals surface area contributed by atoms with Gasteiger partial charge in [0.05, 0.1) is 13.2 Å². The second-order valence-corrected chi connectivity index (χ2v) is 3.66. The molecule has 0 spiro atoms. The molecule has 0 fully saturated rings. The van der Waals surface area contributed by atoms with Crippen LogP contribution < -0.4 is 0 Å². The summed E-state index contributed by atoms with van der Waals surface area (Å²) < 4.78 is 4.51. The first-order valence-corrected chi connectivity index (χ1v) is 5.59. The van der Waals surface area contributed by atoms with Gasteiger partial charge in [-0.15, -0.1) is 0 Å². The summed E-state index contributed by atoms with van der Waals surface area (Å²) in [7, 11) is 1.35. The molecule has 3 nitrogen and oxygen atoms in total. The van der Waals surface area contributed by atoms with Gasteiger partial charge >= 0.3 is 5.97 Å². The van der Waals surface area contributed by atoms with Gasteiger partial charge < -0.3 is 9.84 Å². The third-order valence-corrected chi connectivity index (χ3v) is 2.48. The van der Waals surface area contributed by atoms with Crippen LogP contribution in [0.15, 0.2) is 12.2 Å². The fourth-order valence-corrected chi connectivity index (χ4v) is 1.43. The van der Waals surface area contributed by atoms with Crippen molar-refractivity contribution < 1.29 is 14.6 Å². The van der Waals surface area contributed by atoms with Gasteiger partial charge in [0.2, 0.25) is 0 Å². The normalized spacial score (nSPS) is 15.2. The van der Waals surface area contributed by atoms with E-state index in [9.17, 15) is 9.90 Å². The summed E-state index contributed by atoms with van der Waals surface area (Å²) in [4.78, 5) is 10.9. The van der Waals surface area contributed by atoms with Crippen LogP contribution in [-0.2, 0) is 9.53 Å². The maximum Gasteiger partial charge on any atom is 0.330 e. The number of rotatable bonds is 7. The van der Waals surface area contributed by atoms with Crippen LogP contribution in [0.3, 0.4) is 0 Å². The molecule has 88 valence electrons. The lowest BCUT2D eigenvalue weighted by Crippen LogP contribution is -2.17. The quantitative estimate of drug-likeness (QED) is 0.522. The summed E-state index contributed by atoms with van der Waals surface area (Å²) in [6.45, 7) is 4.05. The molecule has 0 aliphatic carbocycles. The minimum atomic E-state index is -0.363. The van der Waals surface area contributed by atoms with Crippen molar-refractivity contribution in [3.8, 4) is 0 Å². The van der Waals surface area contributed by atoms with Crippen LogP contribution in [0.1, 0.15) is 39.5 Å². The van der Waals surface area contributed by atoms with E-state index in [-0.39, 0.29) is 18.0 Å². The second kappa shape index (κ2) is 8.48. The van der Waals surface area contributed by atoms with Gasteiger partial charge in [0.1, 0.15) is 0 Å². The summed E-state index contributed by atoms with van der Waals surface area (Å²) >= 11 is 0. The molecule has 0 rings (SSSR count). The van der Waals surface area contributed by atoms with Crippen LogP contribution in [0.4, 0.5) is 0 Å². The molecule has 0 radical (unpaired) electrons. The Hall–Kier alpha value is -0.830. The Labute approximate surface area is 92.1 Å². The van der Waals surface area contributed by atoms with Crippen LogP contribution in [0.2, 0.25) is 0 Å². The van der Waals surface area contributed by atoms with E-state index in [1.54, 1.807) is 6.08 Å². The molecule has 0 aliphatic heterocycles. The van der Waals surface area contributed by atoms with Gasteiger partial charge in [-0.3, -0.25) is 0 Å². The molecule has 0 aromatic rings. The molecule has 3 heteroatoms. The van der Waals surface area contributed by atoms with E-state index in [2.05, 4.69) is 11.7 Å². The molecule has 0 aromatic heterocycles. The Morgan fingerprint density at radius 3 is 2.60 bits per heavy atom. The SMILES string of the molecule is CCCC[C@@H](/C=C/C(=O)OC)[C@H](O)CC. The lowest BCUT2D eigenvalue weighted by atomic mass is 9.94. The molecule has 0 amide bonds. The van der Waals surface area contributed by atoms with Crippen LogP contribution in [0.25, 0.3) is 0 Å². The van der Waals surface area contributed by atoms with E-state index in [0.29, 0.717) is 6.42 Å². The van der Waals surface area contributed by atoms with Gasteiger partial charge in [0.15, 0.2) is 0 Å². The Bertz CT molecular complexity index is 199. The smallest absolute Gasteiger partial charge is 0.330 e. The highest BCUT2D eigenvalue weighted by molar-refractivity contribution is 5.81. The average Bonchev–Trinajstić information content (AvgIpc) is 2.27. The highest BCUT2D eigenvalue weighted by atomic mass is 16.5. The number of ether oxygens (including phenoxy) is 1. The number of aliphatic hydroxyl groups excluding tert-OH is 1. The zero-order valence-electron chi connectivity index (χ0n) is 9.90. The van der Waals surface area contributed by atoms with Crippen LogP contribution in [0.5, 0.6) is 0 Å². The summed E-state index contributed by atoms with van der Waals surface area (Å²) in [5.74, 6) is -0.297. The number of aliphatic hydroxyl groups is 1. The Morgan fingerprint density at radius 1 is 1.47 bits per heavy atom. The van der Waals surface area contributed by atoms with E-state index < -0.39 is 0 Å². The first kappa shape index (κ1) is 14.2. The maximum absolute atomic E-state index is 10.9. The van der Waals surface area contributed by atoms with Gasteiger partial charge in [-0.05, 0) is 12.8 Å². The molecule has 15 heavy (non-hydrogen) atoms. The van der Waals surface area contributed by atoms with Crippen molar-refractivity contribution in [1.29, 1.82) is 0 Å². The molecule has 0 heterocycles. The molecule has 0 bridgehead atoms. The zero-order valence-corrected chi connectivity index (χ0v) is 9.90. The highest BCUT2D eigenvalue weighted by Crippen LogP contribution is 2.17. The van der Waals surface area contributed by atoms with Gasteiger partial charge in [-0.25, -0.2) is 4.79 Å². The lowest BCUT2D eigenvalue weighted by molar-refractivity contribution is -0.134. The van der Waals surface area contributed by atoms with E-state index >= 15 is 0 Å². The molecule has 2 atom stereocenters. The van der Waals surface area contributed by atoms with E-state index in [1.165, 1.54) is 13.2 Å². The molecular weight excluding hydrogens is 192 g/mol. The molecule has 0 aliphatic rings. The zero-order chi connectivity index (χ0) is 11.7. The predicted octanol–water partition coefficient (Wildman–Crippen LogP) is 2.29. The van der Waals surface area contributed by atoms with E-state index in [4.69, 9.17) is 0 Å². The summed E-state index contributed by atoms with van der Waals surface area (Å²) in [6, 6.07) is 0. The van der Waals surface area contributed by atoms with Gasteiger partial charge in [-0.1, -0.05) is 32.8 Å². The number of unbranched alkanes of at least 4 members (excludes halogenated alkanes) is 1. The van der Waals surface area contributed by atoms with E-state index in [1.807, 2.05) is 6.92 Å². The number of carbonyl (C=O) groups is 1. The third-order valence-electron chi connectivity index (χ3n) is 2.48. The largest absolute Gasteiger partial charge is 0.466 e. The first-order chi connectivity index (χ1) is 7.15. The summed E-state index contributed by atoms with van der Waals surface area (Å²) in [5, 5.41) is 9.73. The second-order valence-electron chi connectivity index (χ2n) is 3.66. The monoisotopic (exact) mass is 214 g/mol. The predicted molar refractivity (Wildman–Crippen MR) is 60.5 cm³/mol. The van der Waals surface area contributed by atoms with Crippen molar-refractivity contribution >= 4 is 5.97 Å². The Kier molecular flexibility index (Phi) is 8.01. The van der Waals surface area contributed by atoms with Crippen molar-refractivity contribution in [3.05, 3.63) is 12.2 Å². The topological polar surface area (TPSA) is 46.5 Å². The highest BCUT2D eigenvalue weighted by Gasteiger charge is 2.14. The molecule has 0 unspecified atom stereocenters. The summed E-state index contributed by atoms with van der Waals surface area (Å²) in [6.07, 6.45) is 6.58. The summed E-state index contributed by atoms with van der Waals surface area (Å²) in [5.41, 5.74) is 0. The number of methoxy groups -OCH3 is 1. The van der Waals surface area contributed by atoms with Crippen molar-refractivity contribution in [3.63, 3.8) is 0 Å². The van der Waals surface area contributed by atoms with E-state index in [0.717, 1.165) is 19.3 Å². The van der Waals surface area contributed by atoms with Crippen LogP contribution >= 0.6 is 0 Å². The fourth-order valence-electron chi connectivity index (χ4n) is 1.43. The minimum Gasteiger partial charge on any atom is -0.466 e. The van der Waals surface area contributed by atoms with Crippen LogP contribution in [-0.4, -0.2) is 24.3 Å². The van der Waals surface area contributed by atoms with Crippen molar-refractivity contribution in [2.45, 2.75) is 45.6 Å². The molecule has 0 saturated carbocycles. The molecule has 0 aromatic carbocycles. The minimum absolute atomic E-state index is 0.0639. The fraction of sp³-hybridized carbons (Fsp3) is 0.750. The molecular formula is C12H22O3. The Balaban J connectivity index is 4.22. The van der Waals surface area contributed by atoms with Crippen molar-refractivity contribution in [2.24, 2.45) is 5.92 Å². The average molecular weight is 214 g/mol. The van der Waals surface area contributed by atoms with Gasteiger partial charge in [0.25, 0.3) is 0 Å². The first-order valence-electron chi connectivity index (χ1n) is 5.59. The molecule has 1 N–H and O–H groups in total. The van der Waals surface area contributed by atoms with Gasteiger partial charge in [0, 0.05) is 12.0 Å². The van der Waals surface area contributed by atoms with Crippen molar-refractivity contribution in [2.75, 3.05) is 7.11 Å². The third kappa shape index (κ3) is 6.28.